The van der Waals surface area contributed by atoms with Crippen LogP contribution in [0.1, 0.15) is 137 Å². The molecule has 8 heterocycles. The van der Waals surface area contributed by atoms with Crippen molar-refractivity contribution in [1.82, 2.24) is 42.5 Å². The summed E-state index contributed by atoms with van der Waals surface area (Å²) < 4.78 is 53.1. The number of carboxylic acids is 1. The molecule has 668 valence electrons. The van der Waals surface area contributed by atoms with E-state index >= 15 is 24.0 Å². The number of aliphatic carboxylic acids is 1. The van der Waals surface area contributed by atoms with Gasteiger partial charge in [-0.05, 0) is 165 Å². The molecule has 3 fully saturated rings. The first-order valence-electron chi connectivity index (χ1n) is 40.3. The summed E-state index contributed by atoms with van der Waals surface area (Å²) in [6.07, 6.45) is -22.7. The lowest BCUT2D eigenvalue weighted by atomic mass is 9.84. The molecule has 22 atom stereocenters. The number of phenols is 2. The van der Waals surface area contributed by atoms with E-state index in [1.165, 1.54) is 76.3 Å². The van der Waals surface area contributed by atoms with Crippen LogP contribution in [0.5, 0.6) is 40.2 Å². The summed E-state index contributed by atoms with van der Waals surface area (Å²) in [6.45, 7) is 10.7. The number of aliphatic hydroxyl groups excluding tert-OH is 6. The Hall–Kier alpha value is -10.4. The van der Waals surface area contributed by atoms with E-state index in [1.807, 2.05) is 50.2 Å². The van der Waals surface area contributed by atoms with Crippen LogP contribution in [0.4, 0.5) is 0 Å². The molecule has 0 aromatic heterocycles. The maximum Gasteiger partial charge on any atom is 0.330 e. The molecule has 125 heavy (non-hydrogen) atoms. The molecule has 7 aromatic carbocycles. The number of hydrogen-bond acceptors (Lipinski definition) is 27. The second-order valence-electron chi connectivity index (χ2n) is 33.0. The van der Waals surface area contributed by atoms with Gasteiger partial charge in [-0.2, -0.15) is 0 Å². The molecule has 38 heteroatoms. The molecule has 0 unspecified atom stereocenters. The van der Waals surface area contributed by atoms with Crippen LogP contribution in [0.2, 0.25) is 15.1 Å². The second kappa shape index (κ2) is 38.0. The summed E-state index contributed by atoms with van der Waals surface area (Å²) in [5.41, 5.74) is 11.1. The summed E-state index contributed by atoms with van der Waals surface area (Å²) in [6, 6.07) is 16.3. The first kappa shape index (κ1) is 92.3. The highest BCUT2D eigenvalue weighted by Gasteiger charge is 2.53. The van der Waals surface area contributed by atoms with E-state index in [0.29, 0.717) is 5.02 Å². The van der Waals surface area contributed by atoms with Crippen molar-refractivity contribution >= 4 is 82.1 Å². The Labute approximate surface area is 731 Å². The van der Waals surface area contributed by atoms with E-state index in [-0.39, 0.29) is 81.6 Å². The van der Waals surface area contributed by atoms with Gasteiger partial charge in [-0.1, -0.05) is 109 Å². The number of hydrogen-bond donors (Lipinski definition) is 19. The third-order valence-corrected chi connectivity index (χ3v) is 24.0. The van der Waals surface area contributed by atoms with E-state index in [4.69, 9.17) is 84.2 Å². The van der Waals surface area contributed by atoms with Gasteiger partial charge in [0, 0.05) is 52.7 Å². The van der Waals surface area contributed by atoms with Crippen molar-refractivity contribution in [3.8, 4) is 62.5 Å². The smallest absolute Gasteiger partial charge is 0.330 e. The fraction of sp³-hybridized carbons (Fsp3) is 0.425. The monoisotopic (exact) mass is 1790 g/mol. The van der Waals surface area contributed by atoms with E-state index in [2.05, 4.69) is 42.5 Å². The molecule has 0 spiro atoms. The Morgan fingerprint density at radius 1 is 0.648 bits per heavy atom. The second-order valence-corrected chi connectivity index (χ2v) is 34.3. The van der Waals surface area contributed by atoms with Gasteiger partial charge in [0.1, 0.15) is 83.7 Å². The molecule has 11 bridgehead atoms. The number of aromatic hydroxyl groups is 2. The Morgan fingerprint density at radius 3 is 1.85 bits per heavy atom. The van der Waals surface area contributed by atoms with Gasteiger partial charge in [-0.25, -0.2) is 4.79 Å². The molecule has 35 nitrogen and oxygen atoms in total. The third-order valence-electron chi connectivity index (χ3n) is 23.2. The molecule has 21 N–H and O–H groups in total. The minimum atomic E-state index is -2.35. The number of carboxylic acid groups (broad SMARTS) is 1. The van der Waals surface area contributed by atoms with Crippen LogP contribution in [-0.4, -0.2) is 210 Å². The van der Waals surface area contributed by atoms with Gasteiger partial charge in [0.25, 0.3) is 0 Å². The zero-order valence-corrected chi connectivity index (χ0v) is 71.1. The van der Waals surface area contributed by atoms with Gasteiger partial charge in [0.15, 0.2) is 36.2 Å². The Balaban J connectivity index is 1.02. The molecular formula is C87H99Cl3N10O25. The molecule has 3 saturated heterocycles. The average molecular weight is 1790 g/mol. The average Bonchev–Trinajstić information content (AvgIpc) is 0.762. The van der Waals surface area contributed by atoms with Crippen LogP contribution in [0.15, 0.2) is 127 Å². The lowest BCUT2D eigenvalue weighted by molar-refractivity contribution is -0.334. The number of carbonyl (C=O) groups excluding carboxylic acids is 7. The van der Waals surface area contributed by atoms with Crippen molar-refractivity contribution in [2.45, 2.75) is 214 Å². The van der Waals surface area contributed by atoms with Gasteiger partial charge in [0.05, 0.1) is 53.5 Å². The predicted octanol–water partition coefficient (Wildman–Crippen LogP) is 5.10. The number of fused-ring (bicyclic) bond motifs is 15. The van der Waals surface area contributed by atoms with E-state index in [9.17, 15) is 60.3 Å². The highest BCUT2D eigenvalue weighted by atomic mass is 35.5. The predicted molar refractivity (Wildman–Crippen MR) is 448 cm³/mol. The first-order valence-corrected chi connectivity index (χ1v) is 41.5. The number of amides is 7. The molecule has 0 aliphatic carbocycles. The highest BCUT2D eigenvalue weighted by Crippen LogP contribution is 2.50. The number of halogens is 3. The van der Waals surface area contributed by atoms with Crippen LogP contribution in [0, 0.1) is 12.8 Å². The van der Waals surface area contributed by atoms with Gasteiger partial charge >= 0.3 is 5.97 Å². The van der Waals surface area contributed by atoms with Gasteiger partial charge in [-0.15, -0.1) is 0 Å². The highest BCUT2D eigenvalue weighted by molar-refractivity contribution is 6.32. The minimum absolute atomic E-state index is 0.0374. The number of aliphatic hydroxyl groups is 6. The number of aryl methyl sites for hydroxylation is 1. The molecule has 8 aliphatic heterocycles. The molecule has 0 radical (unpaired) electrons. The van der Waals surface area contributed by atoms with Crippen molar-refractivity contribution in [2.75, 3.05) is 13.7 Å². The standard InChI is InChI=1S/C87H99Cl3N10O25/c1-36(2)23-53(93-8)78(110)99-68-70(105)44-17-21-56(51(89)25-44)120-58-27-46-28-59(74(58)125-85-75(72(107)71(106)60(35-101)122-85)124-63-33-87(7,77(109)39(5)119-63)94-34-40-10-13-41(14-11-40)42-15-19-47(88)20-16-42)121-57-22-18-45(26-52(57)90)73(123-62-32-86(6,92)76(108)38(4)118-62)69-83(115)98-67(84(116)117)50-29-48(102)30-55(103)64(50)49-24-43(12-9-37(49)3)65(80(112)100-69)97-81(113)66(46)96-79(111)54(31-61(91)104)95-82(68)114/h9-22,24-30,36,38-39,53-54,60,62-63,65-73,75-77,85,93-94,101-103,105-109H,23,31-35,92H2,1-8H3,(H2,91,104)(H,95,114)(H,96,111)(H,97,113)(H,98,115)(H,99,110)(H,100,112)(H,116,117)/t38-,39-,53+,54-,60+,62-,63-,65+,66+,67-,68+,69-,70+,71+,72-,73+,75+,76-,77+,85-,86-,87-/m0/s1. The quantitative estimate of drug-likeness (QED) is 0.0501. The maximum atomic E-state index is 16.6. The lowest BCUT2D eigenvalue weighted by Gasteiger charge is -2.48. The molecule has 0 saturated carbocycles. The summed E-state index contributed by atoms with van der Waals surface area (Å²) in [4.78, 5) is 121. The van der Waals surface area contributed by atoms with Crippen LogP contribution in [-0.2, 0) is 68.6 Å². The van der Waals surface area contributed by atoms with Crippen molar-refractivity contribution in [2.24, 2.45) is 17.4 Å². The molecule has 8 aliphatic rings. The molecular weight excluding hydrogens is 1690 g/mol. The fourth-order valence-electron chi connectivity index (χ4n) is 16.3. The van der Waals surface area contributed by atoms with Crippen LogP contribution >= 0.6 is 34.8 Å². The number of primary amides is 1. The number of ether oxygens (including phenoxy) is 8. The number of likely N-dealkylation sites (N-methyl/N-ethyl adjacent to an activating group) is 1. The van der Waals surface area contributed by atoms with Gasteiger partial charge in [-0.3, -0.25) is 33.6 Å². The Morgan fingerprint density at radius 2 is 1.24 bits per heavy atom. The molecule has 7 amide bonds. The van der Waals surface area contributed by atoms with Gasteiger partial charge in [0.2, 0.25) is 53.4 Å². The van der Waals surface area contributed by atoms with Crippen molar-refractivity contribution in [1.29, 1.82) is 0 Å². The Bertz CT molecular complexity index is 5250. The van der Waals surface area contributed by atoms with E-state index in [1.54, 1.807) is 26.0 Å². The van der Waals surface area contributed by atoms with Gasteiger partial charge < -0.3 is 138 Å². The topological polar surface area (TPSA) is 541 Å². The number of carbonyl (C=O) groups is 8. The zero-order chi connectivity index (χ0) is 90.3. The fourth-order valence-corrected chi connectivity index (χ4v) is 16.9. The number of phenolic OH excluding ortho intramolecular Hbond substituents is 2. The number of nitrogens with one attached hydrogen (secondary N) is 8. The largest absolute Gasteiger partial charge is 0.508 e. The van der Waals surface area contributed by atoms with Crippen LogP contribution in [0.3, 0.4) is 0 Å². The molecule has 15 rings (SSSR count). The van der Waals surface area contributed by atoms with Crippen molar-refractivity contribution in [3.63, 3.8) is 0 Å². The number of nitrogens with two attached hydrogens (primary N) is 2. The third kappa shape index (κ3) is 20.2. The molecule has 7 aromatic rings. The summed E-state index contributed by atoms with van der Waals surface area (Å²) in [7, 11) is 1.49. The maximum absolute atomic E-state index is 16.6. The SMILES string of the molecule is CN[C@H](CC(C)C)C(=O)N[C@H]1C(=O)N[C@@H](CC(N)=O)C(=O)N[C@H]2C(=O)N[C@H]3C(=O)N[C@H](C(=O)N[C@H](C(=O)O)c4cc(O)cc(O)c4-c4cc3ccc4C)[C@H](O[C@H]3C[C@](C)(N)[C@@H](O)[C@H](C)O3)c3ccc(c(Cl)c3)Oc3cc2cc(c3O[C@@H]2O[C@H](CO)[C@@H](O)[C@H](O)[C@H]2O[C@H]2C[C@](C)(NCc3ccc(-c4ccc(Cl)cc4)cc3)[C@H](O)[C@H](C)O2)Oc2ccc(cc2Cl)[C@H]1O. The minimum Gasteiger partial charge on any atom is -0.508 e. The summed E-state index contributed by atoms with van der Waals surface area (Å²) in [5, 5.41) is 127. The number of benzene rings is 7. The van der Waals surface area contributed by atoms with Crippen molar-refractivity contribution < 1.29 is 122 Å². The lowest BCUT2D eigenvalue weighted by Crippen LogP contribution is -2.65. The normalized spacial score (nSPS) is 29.8. The van der Waals surface area contributed by atoms with Crippen LogP contribution < -0.4 is 68.2 Å². The first-order chi connectivity index (χ1) is 59.2. The van der Waals surface area contributed by atoms with Crippen molar-refractivity contribution in [3.05, 3.63) is 181 Å². The summed E-state index contributed by atoms with van der Waals surface area (Å²) >= 11 is 20.9. The van der Waals surface area contributed by atoms with E-state index < -0.39 is 239 Å². The Kier molecular flexibility index (Phi) is 28.1. The van der Waals surface area contributed by atoms with Crippen LogP contribution in [0.25, 0.3) is 22.3 Å². The zero-order valence-electron chi connectivity index (χ0n) is 68.8. The van der Waals surface area contributed by atoms with E-state index in [0.717, 1.165) is 47.0 Å². The summed E-state index contributed by atoms with van der Waals surface area (Å²) in [5.74, 6) is -14.7. The number of rotatable bonds is 19.